The molecule has 0 N–H and O–H groups in total. The molecule has 0 spiro atoms. The van der Waals surface area contributed by atoms with E-state index in [-0.39, 0.29) is 30.4 Å². The molecule has 0 aliphatic carbocycles. The van der Waals surface area contributed by atoms with E-state index in [2.05, 4.69) is 28.0 Å². The lowest BCUT2D eigenvalue weighted by molar-refractivity contribution is -0.145. The van der Waals surface area contributed by atoms with E-state index in [1.807, 2.05) is 115 Å². The van der Waals surface area contributed by atoms with Crippen LogP contribution in [0.15, 0.2) is 109 Å². The second kappa shape index (κ2) is 19.1. The van der Waals surface area contributed by atoms with E-state index in [0.717, 1.165) is 53.3 Å². The van der Waals surface area contributed by atoms with Crippen LogP contribution in [0.5, 0.6) is 5.75 Å². The summed E-state index contributed by atoms with van der Waals surface area (Å²) in [5.41, 5.74) is 5.58. The molecule has 56 heavy (non-hydrogen) atoms. The number of hydrogen-bond acceptors (Lipinski definition) is 7. The molecule has 6 rings (SSSR count). The number of benzene rings is 4. The molecule has 290 valence electrons. The van der Waals surface area contributed by atoms with Crippen molar-refractivity contribution in [3.05, 3.63) is 137 Å². The molecular formula is C46H52N6O4. The second-order valence-electron chi connectivity index (χ2n) is 14.8. The number of piperazine rings is 2. The summed E-state index contributed by atoms with van der Waals surface area (Å²) in [5, 5.41) is 9.18. The number of nitrogens with zero attached hydrogens (tertiary/aromatic N) is 6. The average Bonchev–Trinajstić information content (AvgIpc) is 3.22. The van der Waals surface area contributed by atoms with Crippen LogP contribution in [0.4, 0.5) is 5.69 Å². The third-order valence-corrected chi connectivity index (χ3v) is 10.4. The first kappa shape index (κ1) is 39.8. The minimum Gasteiger partial charge on any atom is -0.491 e. The number of ether oxygens (including phenoxy) is 1. The highest BCUT2D eigenvalue weighted by Gasteiger charge is 2.34. The molecule has 4 aromatic rings. The summed E-state index contributed by atoms with van der Waals surface area (Å²) in [7, 11) is 0. The number of carbonyl (C=O) groups excluding carboxylic acids is 3. The van der Waals surface area contributed by atoms with Crippen LogP contribution in [0, 0.1) is 11.3 Å². The zero-order chi connectivity index (χ0) is 39.4. The van der Waals surface area contributed by atoms with Crippen molar-refractivity contribution in [1.29, 1.82) is 5.26 Å². The lowest BCUT2D eigenvalue weighted by Gasteiger charge is -2.39. The Hall–Kier alpha value is -5.92. The number of carbonyl (C=O) groups is 3. The van der Waals surface area contributed by atoms with Gasteiger partial charge in [-0.25, -0.2) is 0 Å². The van der Waals surface area contributed by atoms with Crippen LogP contribution in [-0.2, 0) is 33.9 Å². The van der Waals surface area contributed by atoms with E-state index in [9.17, 15) is 19.6 Å². The minimum atomic E-state index is -0.735. The van der Waals surface area contributed by atoms with Gasteiger partial charge in [0.1, 0.15) is 11.8 Å². The van der Waals surface area contributed by atoms with Crippen LogP contribution >= 0.6 is 0 Å². The van der Waals surface area contributed by atoms with Gasteiger partial charge in [-0.1, -0.05) is 66.7 Å². The molecule has 2 heterocycles. The Morgan fingerprint density at radius 1 is 0.750 bits per heavy atom. The second-order valence-corrected chi connectivity index (χ2v) is 14.8. The molecule has 2 fully saturated rings. The Labute approximate surface area is 331 Å². The normalized spacial score (nSPS) is 15.4. The predicted octanol–water partition coefficient (Wildman–Crippen LogP) is 6.01. The van der Waals surface area contributed by atoms with Crippen LogP contribution in [0.25, 0.3) is 6.08 Å². The first-order chi connectivity index (χ1) is 27.1. The van der Waals surface area contributed by atoms with E-state index < -0.39 is 6.04 Å². The third kappa shape index (κ3) is 10.9. The first-order valence-electron chi connectivity index (χ1n) is 19.5. The molecule has 0 aromatic heterocycles. The molecule has 0 radical (unpaired) electrons. The molecule has 3 amide bonds. The van der Waals surface area contributed by atoms with Crippen molar-refractivity contribution in [2.24, 2.45) is 0 Å². The molecule has 10 heteroatoms. The van der Waals surface area contributed by atoms with Gasteiger partial charge in [0.25, 0.3) is 0 Å². The van der Waals surface area contributed by atoms with Crippen LogP contribution in [0.3, 0.4) is 0 Å². The third-order valence-electron chi connectivity index (χ3n) is 10.4. The van der Waals surface area contributed by atoms with E-state index in [0.29, 0.717) is 51.3 Å². The maximum Gasteiger partial charge on any atom is 0.247 e. The van der Waals surface area contributed by atoms with E-state index in [4.69, 9.17) is 4.74 Å². The van der Waals surface area contributed by atoms with Gasteiger partial charge in [0.2, 0.25) is 17.7 Å². The van der Waals surface area contributed by atoms with Crippen molar-refractivity contribution >= 4 is 29.5 Å². The predicted molar refractivity (Wildman–Crippen MR) is 220 cm³/mol. The fourth-order valence-electron chi connectivity index (χ4n) is 7.27. The Kier molecular flexibility index (Phi) is 13.6. The Bertz CT molecular complexity index is 1970. The summed E-state index contributed by atoms with van der Waals surface area (Å²) in [6.45, 7) is 12.0. The topological polar surface area (TPSA) is 100 Å². The highest BCUT2D eigenvalue weighted by molar-refractivity contribution is 5.96. The van der Waals surface area contributed by atoms with Crippen LogP contribution in [0.1, 0.15) is 48.6 Å². The zero-order valence-electron chi connectivity index (χ0n) is 32.7. The van der Waals surface area contributed by atoms with Crippen molar-refractivity contribution < 1.29 is 19.1 Å². The number of rotatable bonds is 13. The van der Waals surface area contributed by atoms with E-state index >= 15 is 0 Å². The summed E-state index contributed by atoms with van der Waals surface area (Å²) >= 11 is 0. The van der Waals surface area contributed by atoms with Crippen LogP contribution in [0.2, 0.25) is 0 Å². The van der Waals surface area contributed by atoms with E-state index in [1.165, 1.54) is 0 Å². The van der Waals surface area contributed by atoms with Crippen LogP contribution in [-0.4, -0.2) is 102 Å². The lowest BCUT2D eigenvalue weighted by Crippen LogP contribution is -2.56. The number of hydrogen-bond donors (Lipinski definition) is 0. The summed E-state index contributed by atoms with van der Waals surface area (Å²) < 4.78 is 5.80. The SMILES string of the molecule is CC(=O)N1CCN(c2ccc(CN(C(=O)/C=C/c3ccc(OC(C)C)cc3)[C@@H](Cc3ccccc3)C(=O)N3CCN(Cc4ccc(C#N)cc4)CC3)cc2)CC1. The quantitative estimate of drug-likeness (QED) is 0.154. The van der Waals surface area contributed by atoms with Crippen molar-refractivity contribution in [1.82, 2.24) is 19.6 Å². The fourth-order valence-corrected chi connectivity index (χ4v) is 7.27. The van der Waals surface area contributed by atoms with Crippen molar-refractivity contribution in [2.45, 2.75) is 52.4 Å². The van der Waals surface area contributed by atoms with Crippen molar-refractivity contribution in [3.8, 4) is 11.8 Å². The summed E-state index contributed by atoms with van der Waals surface area (Å²) in [6, 6.07) is 34.8. The lowest BCUT2D eigenvalue weighted by atomic mass is 10.0. The molecule has 2 saturated heterocycles. The summed E-state index contributed by atoms with van der Waals surface area (Å²) in [6.07, 6.45) is 3.80. The average molecular weight is 753 g/mol. The maximum absolute atomic E-state index is 14.7. The standard InChI is InChI=1S/C46H52N6O4/c1-35(2)56-43-20-15-37(16-21-43)17-22-45(54)52(34-41-13-18-42(19-14-41)50-29-27-49(28-30-50)36(3)53)44(31-38-7-5-4-6-8-38)46(55)51-25-23-48(24-26-51)33-40-11-9-39(32-47)10-12-40/h4-22,35,44H,23-31,33-34H2,1-3H3/b22-17+/t44-/m0/s1. The van der Waals surface area contributed by atoms with Gasteiger partial charge >= 0.3 is 0 Å². The monoisotopic (exact) mass is 752 g/mol. The Balaban J connectivity index is 1.23. The van der Waals surface area contributed by atoms with Gasteiger partial charge in [-0.15, -0.1) is 0 Å². The molecular weight excluding hydrogens is 701 g/mol. The van der Waals surface area contributed by atoms with Gasteiger partial charge in [-0.05, 0) is 78.6 Å². The van der Waals surface area contributed by atoms with Gasteiger partial charge in [-0.3, -0.25) is 19.3 Å². The highest BCUT2D eigenvalue weighted by atomic mass is 16.5. The highest BCUT2D eigenvalue weighted by Crippen LogP contribution is 2.23. The minimum absolute atomic E-state index is 0.0575. The van der Waals surface area contributed by atoms with Gasteiger partial charge in [0.15, 0.2) is 0 Å². The van der Waals surface area contributed by atoms with Gasteiger partial charge < -0.3 is 24.3 Å². The van der Waals surface area contributed by atoms with Gasteiger partial charge in [-0.2, -0.15) is 5.26 Å². The fraction of sp³-hybridized carbons (Fsp3) is 0.348. The molecule has 10 nitrogen and oxygen atoms in total. The van der Waals surface area contributed by atoms with Crippen molar-refractivity contribution in [3.63, 3.8) is 0 Å². The van der Waals surface area contributed by atoms with E-state index in [1.54, 1.807) is 24.0 Å². The smallest absolute Gasteiger partial charge is 0.247 e. The Morgan fingerprint density at radius 3 is 1.98 bits per heavy atom. The molecule has 2 aliphatic rings. The van der Waals surface area contributed by atoms with Crippen LogP contribution < -0.4 is 9.64 Å². The number of nitriles is 1. The summed E-state index contributed by atoms with van der Waals surface area (Å²) in [5.74, 6) is 0.551. The van der Waals surface area contributed by atoms with Gasteiger partial charge in [0.05, 0.1) is 17.7 Å². The number of anilines is 1. The molecule has 2 aliphatic heterocycles. The zero-order valence-corrected chi connectivity index (χ0v) is 32.7. The number of amides is 3. The largest absolute Gasteiger partial charge is 0.491 e. The first-order valence-corrected chi connectivity index (χ1v) is 19.5. The maximum atomic E-state index is 14.7. The molecule has 0 unspecified atom stereocenters. The molecule has 0 saturated carbocycles. The molecule has 4 aromatic carbocycles. The van der Waals surface area contributed by atoms with Gasteiger partial charge in [0, 0.05) is 90.6 Å². The summed E-state index contributed by atoms with van der Waals surface area (Å²) in [4.78, 5) is 51.1. The Morgan fingerprint density at radius 2 is 1.38 bits per heavy atom. The molecule has 1 atom stereocenters. The molecule has 0 bridgehead atoms. The van der Waals surface area contributed by atoms with Crippen molar-refractivity contribution in [2.75, 3.05) is 57.3 Å².